The van der Waals surface area contributed by atoms with Gasteiger partial charge in [0.2, 0.25) is 0 Å². The van der Waals surface area contributed by atoms with Crippen LogP contribution in [0.2, 0.25) is 0 Å². The maximum absolute atomic E-state index is 14.4. The van der Waals surface area contributed by atoms with E-state index in [1.807, 2.05) is 105 Å². The molecule has 0 aliphatic rings. The minimum atomic E-state index is -0.0969. The fourth-order valence-electron chi connectivity index (χ4n) is 6.75. The number of aryl methyl sites for hydroxylation is 2. The lowest BCUT2D eigenvalue weighted by Gasteiger charge is -2.15. The highest BCUT2D eigenvalue weighted by Crippen LogP contribution is 2.35. The van der Waals surface area contributed by atoms with Gasteiger partial charge in [-0.2, -0.15) is 0 Å². The standard InChI is InChI=1S/C41H35NO4/c1-5-42-37-18-14-29(40(43)32-17-16-31(20-25(32)2)46-26(3)24-45-4)22-35(37)36-23-30(15-19-38(36)42)41(44)39-33-12-8-6-10-27(33)21-28-11-7-9-13-34(28)39/h6-23,26H,5,24H2,1-4H3. The molecular formula is C41H35NO4. The van der Waals surface area contributed by atoms with Crippen molar-refractivity contribution in [2.75, 3.05) is 13.7 Å². The summed E-state index contributed by atoms with van der Waals surface area (Å²) in [5, 5.41) is 5.86. The van der Waals surface area contributed by atoms with Crippen LogP contribution in [0, 0.1) is 6.92 Å². The van der Waals surface area contributed by atoms with Crippen LogP contribution < -0.4 is 4.74 Å². The third-order valence-electron chi connectivity index (χ3n) is 8.88. The van der Waals surface area contributed by atoms with E-state index in [2.05, 4.69) is 29.7 Å². The van der Waals surface area contributed by atoms with Gasteiger partial charge in [-0.1, -0.05) is 48.5 Å². The van der Waals surface area contributed by atoms with E-state index >= 15 is 0 Å². The summed E-state index contributed by atoms with van der Waals surface area (Å²) >= 11 is 0. The van der Waals surface area contributed by atoms with Gasteiger partial charge in [0.15, 0.2) is 11.6 Å². The van der Waals surface area contributed by atoms with Crippen LogP contribution in [0.1, 0.15) is 51.3 Å². The number of ketones is 2. The summed E-state index contributed by atoms with van der Waals surface area (Å²) in [4.78, 5) is 28.2. The van der Waals surface area contributed by atoms with Crippen molar-refractivity contribution in [2.24, 2.45) is 0 Å². The molecule has 0 bridgehead atoms. The van der Waals surface area contributed by atoms with E-state index in [-0.39, 0.29) is 17.7 Å². The van der Waals surface area contributed by atoms with Crippen LogP contribution >= 0.6 is 0 Å². The van der Waals surface area contributed by atoms with Crippen molar-refractivity contribution in [3.8, 4) is 5.75 Å². The monoisotopic (exact) mass is 605 g/mol. The smallest absolute Gasteiger partial charge is 0.194 e. The Kier molecular flexibility index (Phi) is 7.63. The summed E-state index contributed by atoms with van der Waals surface area (Å²) in [5.41, 5.74) is 5.47. The average molecular weight is 606 g/mol. The van der Waals surface area contributed by atoms with Gasteiger partial charge in [0, 0.05) is 57.7 Å². The van der Waals surface area contributed by atoms with E-state index < -0.39 is 0 Å². The first-order valence-electron chi connectivity index (χ1n) is 15.7. The van der Waals surface area contributed by atoms with Crippen molar-refractivity contribution in [3.05, 3.63) is 137 Å². The summed E-state index contributed by atoms with van der Waals surface area (Å²) < 4.78 is 13.4. The minimum Gasteiger partial charge on any atom is -0.488 e. The Balaban J connectivity index is 1.32. The molecule has 0 aliphatic carbocycles. The maximum atomic E-state index is 14.4. The first kappa shape index (κ1) is 29.5. The van der Waals surface area contributed by atoms with Gasteiger partial charge < -0.3 is 14.0 Å². The molecule has 228 valence electrons. The third-order valence-corrected chi connectivity index (χ3v) is 8.88. The summed E-state index contributed by atoms with van der Waals surface area (Å²) in [6.07, 6.45) is -0.0969. The van der Waals surface area contributed by atoms with E-state index in [0.717, 1.165) is 55.5 Å². The molecule has 0 spiro atoms. The van der Waals surface area contributed by atoms with Crippen molar-refractivity contribution in [1.29, 1.82) is 0 Å². The molecule has 0 amide bonds. The molecule has 0 saturated carbocycles. The summed E-state index contributed by atoms with van der Waals surface area (Å²) in [7, 11) is 1.65. The van der Waals surface area contributed by atoms with E-state index in [4.69, 9.17) is 9.47 Å². The zero-order chi connectivity index (χ0) is 31.9. The highest BCUT2D eigenvalue weighted by Gasteiger charge is 2.20. The summed E-state index contributed by atoms with van der Waals surface area (Å²) in [6.45, 7) is 7.23. The number of carbonyl (C=O) groups is 2. The molecule has 0 aliphatic heterocycles. The Bertz CT molecular complexity index is 2260. The molecule has 0 saturated heterocycles. The van der Waals surface area contributed by atoms with Gasteiger partial charge in [0.05, 0.1) is 6.61 Å². The maximum Gasteiger partial charge on any atom is 0.194 e. The van der Waals surface area contributed by atoms with Crippen molar-refractivity contribution < 1.29 is 19.1 Å². The molecule has 1 aromatic heterocycles. The number of hydrogen-bond acceptors (Lipinski definition) is 4. The highest BCUT2D eigenvalue weighted by atomic mass is 16.5. The Morgan fingerprint density at radius 1 is 0.696 bits per heavy atom. The second-order valence-corrected chi connectivity index (χ2v) is 11.9. The van der Waals surface area contributed by atoms with Crippen LogP contribution in [0.4, 0.5) is 0 Å². The topological polar surface area (TPSA) is 57.5 Å². The number of nitrogens with zero attached hydrogens (tertiary/aromatic N) is 1. The molecule has 5 nitrogen and oxygen atoms in total. The Morgan fingerprint density at radius 3 is 1.85 bits per heavy atom. The molecule has 7 rings (SSSR count). The second-order valence-electron chi connectivity index (χ2n) is 11.9. The van der Waals surface area contributed by atoms with E-state index in [1.165, 1.54) is 0 Å². The molecule has 1 atom stereocenters. The van der Waals surface area contributed by atoms with Gasteiger partial charge in [-0.25, -0.2) is 0 Å². The minimum absolute atomic E-state index is 0.0164. The quantitative estimate of drug-likeness (QED) is 0.122. The highest BCUT2D eigenvalue weighted by molar-refractivity contribution is 6.25. The molecule has 7 aromatic rings. The summed E-state index contributed by atoms with van der Waals surface area (Å²) in [5.74, 6) is 0.635. The van der Waals surface area contributed by atoms with Crippen molar-refractivity contribution in [1.82, 2.24) is 4.57 Å². The molecule has 0 radical (unpaired) electrons. The van der Waals surface area contributed by atoms with Gasteiger partial charge >= 0.3 is 0 Å². The fraction of sp³-hybridized carbons (Fsp3) is 0.171. The van der Waals surface area contributed by atoms with Crippen LogP contribution in [0.5, 0.6) is 5.75 Å². The number of carbonyl (C=O) groups excluding carboxylic acids is 2. The zero-order valence-corrected chi connectivity index (χ0v) is 26.5. The first-order chi connectivity index (χ1) is 22.4. The lowest BCUT2D eigenvalue weighted by molar-refractivity contribution is 0.0920. The molecule has 0 fully saturated rings. The largest absolute Gasteiger partial charge is 0.488 e. The van der Waals surface area contributed by atoms with Crippen LogP contribution in [0.15, 0.2) is 109 Å². The van der Waals surface area contributed by atoms with Gasteiger partial charge in [-0.3, -0.25) is 9.59 Å². The lowest BCUT2D eigenvalue weighted by Crippen LogP contribution is -2.18. The normalized spacial score (nSPS) is 12.3. The molecule has 1 unspecified atom stereocenters. The fourth-order valence-corrected chi connectivity index (χ4v) is 6.75. The van der Waals surface area contributed by atoms with Crippen LogP contribution in [-0.2, 0) is 11.3 Å². The summed E-state index contributed by atoms with van der Waals surface area (Å²) in [6, 6.07) is 35.7. The van der Waals surface area contributed by atoms with E-state index in [1.54, 1.807) is 7.11 Å². The zero-order valence-electron chi connectivity index (χ0n) is 26.5. The molecule has 5 heteroatoms. The van der Waals surface area contributed by atoms with Gasteiger partial charge in [-0.05, 0) is 109 Å². The Labute approximate surface area is 268 Å². The number of benzene rings is 6. The number of fused-ring (bicyclic) bond motifs is 5. The number of methoxy groups -OCH3 is 1. The first-order valence-corrected chi connectivity index (χ1v) is 15.7. The van der Waals surface area contributed by atoms with Crippen molar-refractivity contribution >= 4 is 54.9 Å². The molecule has 46 heavy (non-hydrogen) atoms. The Morgan fingerprint density at radius 2 is 1.28 bits per heavy atom. The molecule has 1 heterocycles. The number of rotatable bonds is 9. The molecular weight excluding hydrogens is 570 g/mol. The molecule has 6 aromatic carbocycles. The van der Waals surface area contributed by atoms with Crippen molar-refractivity contribution in [3.63, 3.8) is 0 Å². The second kappa shape index (κ2) is 11.9. The van der Waals surface area contributed by atoms with Crippen molar-refractivity contribution in [2.45, 2.75) is 33.4 Å². The number of hydrogen-bond donors (Lipinski definition) is 0. The third kappa shape index (κ3) is 5.03. The average Bonchev–Trinajstić information content (AvgIpc) is 3.39. The SMILES string of the molecule is CCn1c2ccc(C(=O)c3ccc(OC(C)COC)cc3C)cc2c2cc(C(=O)c3c4ccccc4cc4ccccc34)ccc21. The van der Waals surface area contributed by atoms with E-state index in [9.17, 15) is 9.59 Å². The van der Waals surface area contributed by atoms with Crippen LogP contribution in [0.25, 0.3) is 43.4 Å². The Hall–Kier alpha value is -5.26. The number of aromatic nitrogens is 1. The van der Waals surface area contributed by atoms with Crippen LogP contribution in [-0.4, -0.2) is 36.0 Å². The van der Waals surface area contributed by atoms with Gasteiger partial charge in [0.25, 0.3) is 0 Å². The lowest BCUT2D eigenvalue weighted by atomic mass is 9.91. The van der Waals surface area contributed by atoms with Gasteiger partial charge in [-0.15, -0.1) is 0 Å². The van der Waals surface area contributed by atoms with E-state index in [0.29, 0.717) is 34.6 Å². The predicted octanol–water partition coefficient (Wildman–Crippen LogP) is 9.30. The number of ether oxygens (including phenoxy) is 2. The van der Waals surface area contributed by atoms with Crippen LogP contribution in [0.3, 0.4) is 0 Å². The molecule has 0 N–H and O–H groups in total. The van der Waals surface area contributed by atoms with Gasteiger partial charge in [0.1, 0.15) is 11.9 Å². The predicted molar refractivity (Wildman–Crippen MR) is 187 cm³/mol.